The molecule has 0 amide bonds. The third kappa shape index (κ3) is 4.83. The van der Waals surface area contributed by atoms with Crippen LogP contribution in [0.25, 0.3) is 0 Å². The van der Waals surface area contributed by atoms with Crippen LogP contribution in [0.5, 0.6) is 0 Å². The van der Waals surface area contributed by atoms with Crippen LogP contribution in [0.2, 0.25) is 0 Å². The third-order valence-electron chi connectivity index (χ3n) is 5.52. The normalized spacial score (nSPS) is 13.7. The molecular formula is C24H24N4O3. The molecular weight excluding hydrogens is 392 g/mol. The molecule has 1 saturated heterocycles. The number of nitro groups is 1. The summed E-state index contributed by atoms with van der Waals surface area (Å²) in [5, 5.41) is 14.7. The highest BCUT2D eigenvalue weighted by Gasteiger charge is 2.21. The molecule has 0 saturated carbocycles. The van der Waals surface area contributed by atoms with E-state index in [9.17, 15) is 14.9 Å². The van der Waals surface area contributed by atoms with E-state index in [1.54, 1.807) is 12.1 Å². The molecule has 3 aromatic carbocycles. The van der Waals surface area contributed by atoms with Crippen LogP contribution < -0.4 is 15.1 Å². The zero-order chi connectivity index (χ0) is 21.6. The van der Waals surface area contributed by atoms with Crippen molar-refractivity contribution in [2.75, 3.05) is 41.3 Å². The zero-order valence-electron chi connectivity index (χ0n) is 17.1. The molecule has 158 valence electrons. The molecule has 1 heterocycles. The smallest absolute Gasteiger partial charge is 0.292 e. The topological polar surface area (TPSA) is 78.7 Å². The lowest BCUT2D eigenvalue weighted by atomic mass is 10.1. The number of hydrogen-bond donors (Lipinski definition) is 1. The second-order valence-electron chi connectivity index (χ2n) is 7.48. The van der Waals surface area contributed by atoms with Gasteiger partial charge in [-0.2, -0.15) is 0 Å². The maximum absolute atomic E-state index is 11.5. The molecule has 4 rings (SSSR count). The lowest BCUT2D eigenvalue weighted by Crippen LogP contribution is -2.46. The molecule has 0 atom stereocenters. The van der Waals surface area contributed by atoms with Crippen molar-refractivity contribution in [2.24, 2.45) is 0 Å². The summed E-state index contributed by atoms with van der Waals surface area (Å²) in [6.45, 7) is 3.73. The lowest BCUT2D eigenvalue weighted by Gasteiger charge is -2.37. The molecule has 1 aliphatic rings. The van der Waals surface area contributed by atoms with Crippen molar-refractivity contribution in [2.45, 2.75) is 6.54 Å². The van der Waals surface area contributed by atoms with Gasteiger partial charge in [-0.1, -0.05) is 42.5 Å². The fourth-order valence-corrected chi connectivity index (χ4v) is 3.83. The second-order valence-corrected chi connectivity index (χ2v) is 7.48. The first-order chi connectivity index (χ1) is 15.1. The van der Waals surface area contributed by atoms with Gasteiger partial charge in [0.15, 0.2) is 0 Å². The summed E-state index contributed by atoms with van der Waals surface area (Å²) >= 11 is 0. The van der Waals surface area contributed by atoms with Crippen LogP contribution in [0.15, 0.2) is 72.8 Å². The van der Waals surface area contributed by atoms with E-state index in [2.05, 4.69) is 15.1 Å². The Bertz CT molecular complexity index is 1060. The van der Waals surface area contributed by atoms with Gasteiger partial charge in [0, 0.05) is 55.7 Å². The van der Waals surface area contributed by atoms with Crippen LogP contribution in [0, 0.1) is 10.1 Å². The van der Waals surface area contributed by atoms with Crippen molar-refractivity contribution < 1.29 is 9.72 Å². The van der Waals surface area contributed by atoms with E-state index in [0.717, 1.165) is 49.4 Å². The average Bonchev–Trinajstić information content (AvgIpc) is 2.83. The van der Waals surface area contributed by atoms with E-state index in [4.69, 9.17) is 0 Å². The van der Waals surface area contributed by atoms with Crippen molar-refractivity contribution >= 4 is 29.0 Å². The molecule has 3 aromatic rings. The van der Waals surface area contributed by atoms with Crippen LogP contribution in [0.4, 0.5) is 22.7 Å². The molecule has 1 fully saturated rings. The van der Waals surface area contributed by atoms with E-state index in [1.165, 1.54) is 0 Å². The Kier molecular flexibility index (Phi) is 6.12. The second kappa shape index (κ2) is 9.30. The molecule has 31 heavy (non-hydrogen) atoms. The van der Waals surface area contributed by atoms with Gasteiger partial charge in [-0.05, 0) is 29.8 Å². The minimum atomic E-state index is -0.352. The number of nitrogens with one attached hydrogen (secondary N) is 1. The first-order valence-corrected chi connectivity index (χ1v) is 10.3. The Morgan fingerprint density at radius 3 is 2.19 bits per heavy atom. The maximum Gasteiger partial charge on any atom is 0.292 e. The number of carbonyl (C=O) groups excluding carboxylic acids is 1. The minimum Gasteiger partial charge on any atom is -0.375 e. The number of nitrogens with zero attached hydrogens (tertiary/aromatic N) is 3. The Hall–Kier alpha value is -3.87. The van der Waals surface area contributed by atoms with Crippen molar-refractivity contribution in [3.63, 3.8) is 0 Å². The van der Waals surface area contributed by atoms with Crippen LogP contribution in [-0.2, 0) is 6.54 Å². The molecule has 0 aliphatic carbocycles. The maximum atomic E-state index is 11.5. The van der Waals surface area contributed by atoms with Gasteiger partial charge >= 0.3 is 0 Å². The Labute approximate surface area is 181 Å². The van der Waals surface area contributed by atoms with Crippen LogP contribution in [0.3, 0.4) is 0 Å². The average molecular weight is 416 g/mol. The van der Waals surface area contributed by atoms with E-state index in [0.29, 0.717) is 17.8 Å². The summed E-state index contributed by atoms with van der Waals surface area (Å²) < 4.78 is 0. The fraction of sp³-hybridized carbons (Fsp3) is 0.208. The van der Waals surface area contributed by atoms with Gasteiger partial charge in [-0.25, -0.2) is 0 Å². The number of carbonyl (C=O) groups is 1. The lowest BCUT2D eigenvalue weighted by molar-refractivity contribution is -0.384. The third-order valence-corrected chi connectivity index (χ3v) is 5.52. The van der Waals surface area contributed by atoms with Gasteiger partial charge < -0.3 is 15.1 Å². The standard InChI is InChI=1S/C24H24N4O3/c29-18-20-7-4-8-21(15-20)26-11-13-27(14-12-26)22-9-10-24(28(30)31)23(16-22)25-17-19-5-2-1-3-6-19/h1-10,15-16,18,25H,11-14,17H2. The molecule has 0 bridgehead atoms. The largest absolute Gasteiger partial charge is 0.375 e. The van der Waals surface area contributed by atoms with Gasteiger partial charge in [-0.3, -0.25) is 14.9 Å². The van der Waals surface area contributed by atoms with Crippen LogP contribution in [-0.4, -0.2) is 37.4 Å². The van der Waals surface area contributed by atoms with Gasteiger partial charge in [0.25, 0.3) is 5.69 Å². The van der Waals surface area contributed by atoms with E-state index < -0.39 is 0 Å². The highest BCUT2D eigenvalue weighted by Crippen LogP contribution is 2.31. The number of nitro benzene ring substituents is 1. The van der Waals surface area contributed by atoms with E-state index in [-0.39, 0.29) is 10.6 Å². The quantitative estimate of drug-likeness (QED) is 0.351. The number of hydrogen-bond acceptors (Lipinski definition) is 6. The van der Waals surface area contributed by atoms with Gasteiger partial charge in [0.1, 0.15) is 12.0 Å². The van der Waals surface area contributed by atoms with Crippen molar-refractivity contribution in [1.82, 2.24) is 0 Å². The number of rotatable bonds is 7. The monoisotopic (exact) mass is 416 g/mol. The van der Waals surface area contributed by atoms with Gasteiger partial charge in [0.05, 0.1) is 4.92 Å². The van der Waals surface area contributed by atoms with Crippen LogP contribution >= 0.6 is 0 Å². The molecule has 0 unspecified atom stereocenters. The summed E-state index contributed by atoms with van der Waals surface area (Å²) in [7, 11) is 0. The molecule has 7 heteroatoms. The van der Waals surface area contributed by atoms with Crippen molar-refractivity contribution in [3.05, 3.63) is 94.0 Å². The summed E-state index contributed by atoms with van der Waals surface area (Å²) in [6.07, 6.45) is 0.862. The number of anilines is 3. The summed E-state index contributed by atoms with van der Waals surface area (Å²) in [5.41, 5.74) is 4.33. The highest BCUT2D eigenvalue weighted by atomic mass is 16.6. The number of aldehydes is 1. The molecule has 0 radical (unpaired) electrons. The van der Waals surface area contributed by atoms with Gasteiger partial charge in [-0.15, -0.1) is 0 Å². The Morgan fingerprint density at radius 1 is 0.871 bits per heavy atom. The van der Waals surface area contributed by atoms with E-state index in [1.807, 2.05) is 60.7 Å². The molecule has 7 nitrogen and oxygen atoms in total. The molecule has 0 aromatic heterocycles. The van der Waals surface area contributed by atoms with Crippen molar-refractivity contribution in [1.29, 1.82) is 0 Å². The number of piperazine rings is 1. The Balaban J connectivity index is 1.47. The zero-order valence-corrected chi connectivity index (χ0v) is 17.1. The van der Waals surface area contributed by atoms with Crippen LogP contribution in [0.1, 0.15) is 15.9 Å². The summed E-state index contributed by atoms with van der Waals surface area (Å²) in [6, 6.07) is 22.7. The molecule has 1 aliphatic heterocycles. The predicted octanol–water partition coefficient (Wildman–Crippen LogP) is 4.35. The molecule has 0 spiro atoms. The Morgan fingerprint density at radius 2 is 1.55 bits per heavy atom. The number of benzene rings is 3. The summed E-state index contributed by atoms with van der Waals surface area (Å²) in [4.78, 5) is 26.7. The highest BCUT2D eigenvalue weighted by molar-refractivity contribution is 5.77. The van der Waals surface area contributed by atoms with Gasteiger partial charge in [0.2, 0.25) is 0 Å². The van der Waals surface area contributed by atoms with E-state index >= 15 is 0 Å². The predicted molar refractivity (Wildman–Crippen MR) is 123 cm³/mol. The van der Waals surface area contributed by atoms with Crippen molar-refractivity contribution in [3.8, 4) is 0 Å². The minimum absolute atomic E-state index is 0.0731. The molecule has 1 N–H and O–H groups in total. The summed E-state index contributed by atoms with van der Waals surface area (Å²) in [5.74, 6) is 0. The fourth-order valence-electron chi connectivity index (χ4n) is 3.83. The SMILES string of the molecule is O=Cc1cccc(N2CCN(c3ccc([N+](=O)[O-])c(NCc4ccccc4)c3)CC2)c1. The first kappa shape index (κ1) is 20.4. The first-order valence-electron chi connectivity index (χ1n) is 10.3.